The molecule has 10 nitrogen and oxygen atoms in total. The van der Waals surface area contributed by atoms with E-state index in [2.05, 4.69) is 10.3 Å². The average Bonchev–Trinajstić information content (AvgIpc) is 3.14. The third-order valence-electron chi connectivity index (χ3n) is 6.16. The van der Waals surface area contributed by atoms with Crippen molar-refractivity contribution in [3.8, 4) is 0 Å². The Hall–Kier alpha value is -3.31. The Balaban J connectivity index is 1.47. The number of nitro benzene ring substituents is 1. The number of imidazole rings is 1. The highest BCUT2D eigenvalue weighted by Crippen LogP contribution is 2.25. The van der Waals surface area contributed by atoms with Gasteiger partial charge in [0.25, 0.3) is 5.69 Å². The van der Waals surface area contributed by atoms with Gasteiger partial charge in [-0.1, -0.05) is 12.5 Å². The molecule has 34 heavy (non-hydrogen) atoms. The summed E-state index contributed by atoms with van der Waals surface area (Å²) >= 11 is 0. The molecule has 1 fully saturated rings. The summed E-state index contributed by atoms with van der Waals surface area (Å²) in [6, 6.07) is 9.50. The zero-order chi connectivity index (χ0) is 24.5. The van der Waals surface area contributed by atoms with E-state index in [1.807, 2.05) is 11.6 Å². The Morgan fingerprint density at radius 3 is 2.59 bits per heavy atom. The number of nitrogens with one attached hydrogen (secondary N) is 1. The average molecular weight is 486 g/mol. The van der Waals surface area contributed by atoms with E-state index >= 15 is 0 Å². The van der Waals surface area contributed by atoms with Crippen molar-refractivity contribution < 1.29 is 18.1 Å². The van der Waals surface area contributed by atoms with Gasteiger partial charge in [-0.3, -0.25) is 14.9 Å². The lowest BCUT2D eigenvalue weighted by atomic mass is 10.2. The molecule has 1 aliphatic heterocycles. The highest BCUT2D eigenvalue weighted by Gasteiger charge is 2.26. The van der Waals surface area contributed by atoms with Crippen molar-refractivity contribution in [1.29, 1.82) is 0 Å². The van der Waals surface area contributed by atoms with E-state index in [4.69, 9.17) is 0 Å². The van der Waals surface area contributed by atoms with Crippen molar-refractivity contribution in [2.24, 2.45) is 7.05 Å². The molecule has 2 aromatic carbocycles. The van der Waals surface area contributed by atoms with E-state index in [9.17, 15) is 23.3 Å². The molecule has 0 aliphatic carbocycles. The number of piperidine rings is 1. The first-order valence-electron chi connectivity index (χ1n) is 11.2. The molecule has 1 aliphatic rings. The SMILES string of the molecule is Cc1ccc(NC(=O)CCc2nc3cc(S(=O)(=O)N4CCCCC4)ccc3n2C)cc1[N+](=O)[O-]. The predicted octanol–water partition coefficient (Wildman–Crippen LogP) is 3.54. The number of sulfonamides is 1. The Kier molecular flexibility index (Phi) is 6.67. The molecule has 11 heteroatoms. The number of aryl methyl sites for hydroxylation is 3. The summed E-state index contributed by atoms with van der Waals surface area (Å²) in [5.41, 5.74) is 2.17. The summed E-state index contributed by atoms with van der Waals surface area (Å²) in [7, 11) is -1.73. The summed E-state index contributed by atoms with van der Waals surface area (Å²) in [6.45, 7) is 2.71. The zero-order valence-electron chi connectivity index (χ0n) is 19.2. The molecule has 4 rings (SSSR count). The summed E-state index contributed by atoms with van der Waals surface area (Å²) in [6.07, 6.45) is 3.24. The fraction of sp³-hybridized carbons (Fsp3) is 0.391. The number of hydrogen-bond donors (Lipinski definition) is 1. The zero-order valence-corrected chi connectivity index (χ0v) is 20.0. The van der Waals surface area contributed by atoms with Crippen molar-refractivity contribution in [2.75, 3.05) is 18.4 Å². The van der Waals surface area contributed by atoms with Crippen LogP contribution in [0.2, 0.25) is 0 Å². The molecule has 0 radical (unpaired) electrons. The fourth-order valence-electron chi connectivity index (χ4n) is 4.20. The van der Waals surface area contributed by atoms with Crippen molar-refractivity contribution in [3.05, 3.63) is 57.9 Å². The summed E-state index contributed by atoms with van der Waals surface area (Å²) < 4.78 is 29.4. The summed E-state index contributed by atoms with van der Waals surface area (Å²) in [5.74, 6) is 0.353. The van der Waals surface area contributed by atoms with Gasteiger partial charge in [0.15, 0.2) is 0 Å². The van der Waals surface area contributed by atoms with Gasteiger partial charge < -0.3 is 9.88 Å². The number of fused-ring (bicyclic) bond motifs is 1. The van der Waals surface area contributed by atoms with Crippen molar-refractivity contribution in [1.82, 2.24) is 13.9 Å². The molecule has 0 bridgehead atoms. The highest BCUT2D eigenvalue weighted by atomic mass is 32.2. The molecule has 1 amide bonds. The van der Waals surface area contributed by atoms with E-state index in [1.54, 1.807) is 37.3 Å². The van der Waals surface area contributed by atoms with Gasteiger partial charge >= 0.3 is 0 Å². The van der Waals surface area contributed by atoms with Crippen LogP contribution in [0.3, 0.4) is 0 Å². The topological polar surface area (TPSA) is 127 Å². The van der Waals surface area contributed by atoms with Crippen molar-refractivity contribution in [3.63, 3.8) is 0 Å². The maximum Gasteiger partial charge on any atom is 0.274 e. The Morgan fingerprint density at radius 2 is 1.88 bits per heavy atom. The number of nitro groups is 1. The number of nitrogens with zero attached hydrogens (tertiary/aromatic N) is 4. The van der Waals surface area contributed by atoms with Crippen molar-refractivity contribution >= 4 is 38.3 Å². The lowest BCUT2D eigenvalue weighted by Crippen LogP contribution is -2.35. The maximum absolute atomic E-state index is 13.0. The third-order valence-corrected chi connectivity index (χ3v) is 8.06. The van der Waals surface area contributed by atoms with Gasteiger partial charge in [-0.05, 0) is 44.0 Å². The van der Waals surface area contributed by atoms with Crippen LogP contribution in [-0.2, 0) is 28.3 Å². The van der Waals surface area contributed by atoms with E-state index in [-0.39, 0.29) is 22.9 Å². The molecule has 3 aromatic rings. The molecule has 0 atom stereocenters. The number of rotatable bonds is 7. The quantitative estimate of drug-likeness (QED) is 0.403. The van der Waals surface area contributed by atoms with E-state index in [0.717, 1.165) is 24.8 Å². The van der Waals surface area contributed by atoms with Gasteiger partial charge in [-0.25, -0.2) is 13.4 Å². The van der Waals surface area contributed by atoms with Crippen LogP contribution in [0.4, 0.5) is 11.4 Å². The molecule has 1 aromatic heterocycles. The largest absolute Gasteiger partial charge is 0.331 e. The second kappa shape index (κ2) is 9.51. The standard InChI is InChI=1S/C23H27N5O5S/c1-16-6-7-17(14-21(16)28(30)31)24-23(29)11-10-22-25-19-15-18(8-9-20(19)26(22)2)34(32,33)27-12-4-3-5-13-27/h6-9,14-15H,3-5,10-13H2,1-2H3,(H,24,29). The number of carbonyl (C=O) groups is 1. The molecular weight excluding hydrogens is 458 g/mol. The van der Waals surface area contributed by atoms with E-state index < -0.39 is 14.9 Å². The molecule has 0 spiro atoms. The second-order valence-electron chi connectivity index (χ2n) is 8.51. The summed E-state index contributed by atoms with van der Waals surface area (Å²) in [5, 5.41) is 13.8. The van der Waals surface area contributed by atoms with Crippen LogP contribution in [-0.4, -0.2) is 46.2 Å². The number of hydrogen-bond acceptors (Lipinski definition) is 6. The second-order valence-corrected chi connectivity index (χ2v) is 10.4. The van der Waals surface area contributed by atoms with Crippen LogP contribution < -0.4 is 5.32 Å². The van der Waals surface area contributed by atoms with Crippen LogP contribution in [0.1, 0.15) is 37.1 Å². The third kappa shape index (κ3) is 4.80. The van der Waals surface area contributed by atoms with Crippen LogP contribution in [0.5, 0.6) is 0 Å². The first kappa shape index (κ1) is 23.8. The van der Waals surface area contributed by atoms with Gasteiger partial charge in [0.05, 0.1) is 20.9 Å². The molecule has 0 unspecified atom stereocenters. The van der Waals surface area contributed by atoms with Gasteiger partial charge in [0.2, 0.25) is 15.9 Å². The molecule has 0 saturated carbocycles. The molecular formula is C23H27N5O5S. The van der Waals surface area contributed by atoms with Gasteiger partial charge in [-0.2, -0.15) is 4.31 Å². The van der Waals surface area contributed by atoms with E-state index in [0.29, 0.717) is 42.1 Å². The first-order chi connectivity index (χ1) is 16.2. The normalized spacial score (nSPS) is 14.9. The van der Waals surface area contributed by atoms with Gasteiger partial charge in [0.1, 0.15) is 5.82 Å². The Labute approximate surface area is 197 Å². The minimum absolute atomic E-state index is 0.0524. The minimum Gasteiger partial charge on any atom is -0.331 e. The Morgan fingerprint density at radius 1 is 1.15 bits per heavy atom. The number of benzene rings is 2. The number of anilines is 1. The fourth-order valence-corrected chi connectivity index (χ4v) is 5.74. The molecule has 1 N–H and O–H groups in total. The highest BCUT2D eigenvalue weighted by molar-refractivity contribution is 7.89. The smallest absolute Gasteiger partial charge is 0.274 e. The maximum atomic E-state index is 13.0. The van der Waals surface area contributed by atoms with Crippen molar-refractivity contribution in [2.45, 2.75) is 43.9 Å². The minimum atomic E-state index is -3.56. The van der Waals surface area contributed by atoms with Gasteiger partial charge in [0, 0.05) is 50.3 Å². The molecule has 180 valence electrons. The lowest BCUT2D eigenvalue weighted by molar-refractivity contribution is -0.385. The number of carbonyl (C=O) groups excluding carboxylic acids is 1. The molecule has 1 saturated heterocycles. The van der Waals surface area contributed by atoms with Crippen LogP contribution >= 0.6 is 0 Å². The molecule has 2 heterocycles. The predicted molar refractivity (Wildman–Crippen MR) is 128 cm³/mol. The van der Waals surface area contributed by atoms with Crippen LogP contribution in [0.15, 0.2) is 41.3 Å². The Bertz CT molecular complexity index is 1360. The summed E-state index contributed by atoms with van der Waals surface area (Å²) in [4.78, 5) is 27.9. The number of amides is 1. The lowest BCUT2D eigenvalue weighted by Gasteiger charge is -2.25. The monoisotopic (exact) mass is 485 g/mol. The van der Waals surface area contributed by atoms with Crippen LogP contribution in [0.25, 0.3) is 11.0 Å². The number of aromatic nitrogens is 2. The first-order valence-corrected chi connectivity index (χ1v) is 12.6. The van der Waals surface area contributed by atoms with Gasteiger partial charge in [-0.15, -0.1) is 0 Å². The van der Waals surface area contributed by atoms with E-state index in [1.165, 1.54) is 10.4 Å². The van der Waals surface area contributed by atoms with Crippen LogP contribution in [0, 0.1) is 17.0 Å².